The van der Waals surface area contributed by atoms with E-state index in [1.807, 2.05) is 6.07 Å². The van der Waals surface area contributed by atoms with Crippen molar-refractivity contribution < 1.29 is 32.5 Å². The van der Waals surface area contributed by atoms with Gasteiger partial charge in [0.15, 0.2) is 23.9 Å². The largest absolute Gasteiger partial charge is 0.493 e. The summed E-state index contributed by atoms with van der Waals surface area (Å²) < 4.78 is 43.7. The highest BCUT2D eigenvalue weighted by atomic mass is 19.4. The van der Waals surface area contributed by atoms with E-state index in [2.05, 4.69) is 25.4 Å². The Balaban J connectivity index is 0.000000616. The lowest BCUT2D eigenvalue weighted by Gasteiger charge is -2.20. The summed E-state index contributed by atoms with van der Waals surface area (Å²) in [6, 6.07) is 15.0. The fraction of sp³-hybridized carbons (Fsp3) is 0.160. The number of nitrogens with one attached hydrogen (secondary N) is 3. The molecule has 42 heavy (non-hydrogen) atoms. The zero-order valence-corrected chi connectivity index (χ0v) is 21.6. The molecule has 2 heterocycles. The number of methoxy groups -OCH3 is 1. The number of anilines is 1. The Morgan fingerprint density at radius 1 is 1.21 bits per heavy atom. The van der Waals surface area contributed by atoms with Crippen LogP contribution in [-0.4, -0.2) is 61.5 Å². The van der Waals surface area contributed by atoms with Crippen molar-refractivity contribution in [2.24, 2.45) is 5.73 Å². The van der Waals surface area contributed by atoms with Gasteiger partial charge in [-0.3, -0.25) is 10.4 Å². The van der Waals surface area contributed by atoms with Crippen LogP contribution in [0, 0.1) is 16.7 Å². The third-order valence-electron chi connectivity index (χ3n) is 5.21. The van der Waals surface area contributed by atoms with Crippen molar-refractivity contribution in [2.75, 3.05) is 19.0 Å². The molecule has 1 unspecified atom stereocenters. The number of ether oxygens (including phenoxy) is 2. The van der Waals surface area contributed by atoms with Crippen molar-refractivity contribution in [1.82, 2.24) is 24.7 Å². The van der Waals surface area contributed by atoms with Gasteiger partial charge in [-0.15, -0.1) is 9.78 Å². The van der Waals surface area contributed by atoms with Crippen LogP contribution in [0.1, 0.15) is 23.0 Å². The summed E-state index contributed by atoms with van der Waals surface area (Å²) in [6.45, 7) is -0.165. The van der Waals surface area contributed by atoms with Crippen LogP contribution in [0.25, 0.3) is 5.95 Å². The van der Waals surface area contributed by atoms with Crippen molar-refractivity contribution in [1.29, 1.82) is 10.7 Å². The molecule has 0 aliphatic rings. The lowest BCUT2D eigenvalue weighted by molar-refractivity contribution is -0.192. The summed E-state index contributed by atoms with van der Waals surface area (Å²) >= 11 is 0. The zero-order chi connectivity index (χ0) is 30.9. The minimum absolute atomic E-state index is 0.0477. The fourth-order valence-electron chi connectivity index (χ4n) is 3.32. The topological polar surface area (TPSA) is 218 Å². The van der Waals surface area contributed by atoms with E-state index in [1.54, 1.807) is 48.5 Å². The molecule has 0 saturated heterocycles. The summed E-state index contributed by atoms with van der Waals surface area (Å²) in [5.41, 5.74) is 6.97. The molecule has 4 rings (SSSR count). The van der Waals surface area contributed by atoms with Gasteiger partial charge in [0.25, 0.3) is 5.95 Å². The number of H-pyrrole nitrogens is 1. The van der Waals surface area contributed by atoms with E-state index in [-0.39, 0.29) is 24.2 Å². The summed E-state index contributed by atoms with van der Waals surface area (Å²) in [5, 5.41) is 31.4. The first-order valence-corrected chi connectivity index (χ1v) is 11.6. The number of benzene rings is 2. The molecule has 0 spiro atoms. The van der Waals surface area contributed by atoms with Crippen LogP contribution in [0.3, 0.4) is 0 Å². The van der Waals surface area contributed by atoms with Crippen LogP contribution in [-0.2, 0) is 4.79 Å². The number of nitrogens with zero attached hydrogens (tertiary/aromatic N) is 5. The van der Waals surface area contributed by atoms with E-state index in [1.165, 1.54) is 19.5 Å². The number of aromatic nitrogens is 5. The van der Waals surface area contributed by atoms with Gasteiger partial charge >= 0.3 is 17.8 Å². The molecular weight excluding hydrogens is 563 g/mol. The van der Waals surface area contributed by atoms with Gasteiger partial charge in [0.2, 0.25) is 0 Å². The lowest BCUT2D eigenvalue weighted by Crippen LogP contribution is -2.21. The highest BCUT2D eigenvalue weighted by Gasteiger charge is 2.38. The SMILES string of the molecule is COc1ccc(C(Nc2ccc(C(=N)N)cc2)c2nn(-c3ncccn3)c(=O)[nH]2)cc1OCC#N.O=C(O)C(F)(F)F. The molecular formula is C25H22F3N9O5. The number of nitriles is 1. The molecule has 1 atom stereocenters. The summed E-state index contributed by atoms with van der Waals surface area (Å²) in [7, 11) is 1.50. The first kappa shape index (κ1) is 30.6. The number of hydrogen-bond donors (Lipinski definition) is 5. The molecule has 14 nitrogen and oxygen atoms in total. The molecule has 2 aromatic heterocycles. The highest BCUT2D eigenvalue weighted by molar-refractivity contribution is 5.95. The van der Waals surface area contributed by atoms with Gasteiger partial charge in [-0.1, -0.05) is 6.07 Å². The second kappa shape index (κ2) is 13.4. The van der Waals surface area contributed by atoms with Crippen LogP contribution in [0.2, 0.25) is 0 Å². The van der Waals surface area contributed by atoms with Crippen LogP contribution < -0.4 is 26.2 Å². The smallest absolute Gasteiger partial charge is 0.490 e. The van der Waals surface area contributed by atoms with E-state index in [0.29, 0.717) is 28.3 Å². The number of carboxylic acids is 1. The normalized spacial score (nSPS) is 11.3. The van der Waals surface area contributed by atoms with Gasteiger partial charge in [-0.2, -0.15) is 18.4 Å². The van der Waals surface area contributed by atoms with Crippen LogP contribution in [0.15, 0.2) is 65.7 Å². The number of nitrogen functional groups attached to an aromatic ring is 1. The standard InChI is InChI=1S/C23H21N9O3.C2HF3O2/c1-34-17-8-5-15(13-18(17)35-12-9-24)19(29-16-6-3-14(4-7-16)20(25)26)21-30-23(33)32(31-21)22-27-10-2-11-28-22;3-2(4,5)1(6)7/h2-8,10-11,13,19,29H,12H2,1H3,(H3,25,26)(H,30,31,33);(H,6,7). The monoisotopic (exact) mass is 585 g/mol. The summed E-state index contributed by atoms with van der Waals surface area (Å²) in [5.74, 6) is -1.59. The number of alkyl halides is 3. The Kier molecular flexibility index (Phi) is 9.79. The molecule has 4 aromatic rings. The molecule has 218 valence electrons. The van der Waals surface area contributed by atoms with E-state index >= 15 is 0 Å². The van der Waals surface area contributed by atoms with Gasteiger partial charge < -0.3 is 25.6 Å². The number of aliphatic carboxylic acids is 1. The minimum Gasteiger partial charge on any atom is -0.493 e. The maximum absolute atomic E-state index is 12.7. The molecule has 6 N–H and O–H groups in total. The van der Waals surface area contributed by atoms with Crippen molar-refractivity contribution in [3.8, 4) is 23.5 Å². The van der Waals surface area contributed by atoms with E-state index in [4.69, 9.17) is 35.8 Å². The van der Waals surface area contributed by atoms with Crippen molar-refractivity contribution in [3.05, 3.63) is 88.4 Å². The first-order valence-electron chi connectivity index (χ1n) is 11.6. The van der Waals surface area contributed by atoms with E-state index in [0.717, 1.165) is 4.68 Å². The van der Waals surface area contributed by atoms with Crippen molar-refractivity contribution in [2.45, 2.75) is 12.2 Å². The summed E-state index contributed by atoms with van der Waals surface area (Å²) in [6.07, 6.45) is -2.06. The molecule has 2 aromatic carbocycles. The van der Waals surface area contributed by atoms with Gasteiger partial charge in [0.1, 0.15) is 17.9 Å². The Morgan fingerprint density at radius 2 is 1.86 bits per heavy atom. The van der Waals surface area contributed by atoms with Crippen molar-refractivity contribution >= 4 is 17.5 Å². The maximum Gasteiger partial charge on any atom is 0.490 e. The summed E-state index contributed by atoms with van der Waals surface area (Å²) in [4.78, 5) is 32.5. The molecule has 0 aliphatic heterocycles. The molecule has 17 heteroatoms. The molecule has 0 amide bonds. The van der Waals surface area contributed by atoms with Crippen LogP contribution >= 0.6 is 0 Å². The first-order chi connectivity index (χ1) is 19.9. The molecule has 0 bridgehead atoms. The average molecular weight is 586 g/mol. The maximum atomic E-state index is 12.7. The Labute approximate surface area is 234 Å². The Bertz CT molecular complexity index is 1630. The predicted molar refractivity (Wildman–Crippen MR) is 140 cm³/mol. The zero-order valence-electron chi connectivity index (χ0n) is 21.6. The predicted octanol–water partition coefficient (Wildman–Crippen LogP) is 2.38. The van der Waals surface area contributed by atoms with E-state index < -0.39 is 23.9 Å². The van der Waals surface area contributed by atoms with Crippen LogP contribution in [0.4, 0.5) is 18.9 Å². The number of carboxylic acid groups (broad SMARTS) is 1. The third kappa shape index (κ3) is 7.81. The van der Waals surface area contributed by atoms with Crippen LogP contribution in [0.5, 0.6) is 11.5 Å². The van der Waals surface area contributed by atoms with Gasteiger partial charge in [0, 0.05) is 23.6 Å². The second-order valence-corrected chi connectivity index (χ2v) is 8.00. The Hall–Kier alpha value is -5.92. The number of nitrogens with two attached hydrogens (primary N) is 1. The van der Waals surface area contributed by atoms with Gasteiger partial charge in [0.05, 0.1) is 7.11 Å². The van der Waals surface area contributed by atoms with Crippen molar-refractivity contribution in [3.63, 3.8) is 0 Å². The molecule has 0 aliphatic carbocycles. The highest BCUT2D eigenvalue weighted by Crippen LogP contribution is 2.33. The molecule has 0 saturated carbocycles. The fourth-order valence-corrected chi connectivity index (χ4v) is 3.32. The molecule has 0 radical (unpaired) electrons. The quantitative estimate of drug-likeness (QED) is 0.142. The number of carbonyl (C=O) groups is 1. The number of rotatable bonds is 9. The van der Waals surface area contributed by atoms with E-state index in [9.17, 15) is 18.0 Å². The number of amidine groups is 1. The number of hydrogen-bond acceptors (Lipinski definition) is 10. The Morgan fingerprint density at radius 3 is 2.40 bits per heavy atom. The van der Waals surface area contributed by atoms with Gasteiger partial charge in [-0.25, -0.2) is 19.6 Å². The lowest BCUT2D eigenvalue weighted by atomic mass is 10.0. The van der Waals surface area contributed by atoms with Gasteiger partial charge in [-0.05, 0) is 48.0 Å². The number of aromatic amines is 1. The third-order valence-corrected chi connectivity index (χ3v) is 5.21. The second-order valence-electron chi connectivity index (χ2n) is 8.00. The molecule has 0 fully saturated rings. The average Bonchev–Trinajstić information content (AvgIpc) is 3.36. The number of halogens is 3. The minimum atomic E-state index is -5.08.